The van der Waals surface area contributed by atoms with Crippen molar-refractivity contribution in [2.45, 2.75) is 45.7 Å². The highest BCUT2D eigenvalue weighted by Crippen LogP contribution is 2.39. The van der Waals surface area contributed by atoms with Crippen molar-refractivity contribution in [1.82, 2.24) is 9.80 Å². The van der Waals surface area contributed by atoms with E-state index in [1.165, 1.54) is 29.1 Å². The smallest absolute Gasteiger partial charge is 0.269 e. The number of nitrogens with zero attached hydrogens (tertiary/aromatic N) is 3. The van der Waals surface area contributed by atoms with Crippen LogP contribution in [0.1, 0.15) is 58.2 Å². The molecule has 0 saturated carbocycles. The lowest BCUT2D eigenvalue weighted by atomic mass is 9.90. The number of rotatable bonds is 7. The van der Waals surface area contributed by atoms with Gasteiger partial charge >= 0.3 is 0 Å². The van der Waals surface area contributed by atoms with Crippen molar-refractivity contribution < 1.29 is 14.5 Å². The normalized spacial score (nSPS) is 15.9. The summed E-state index contributed by atoms with van der Waals surface area (Å²) < 4.78 is 0. The highest BCUT2D eigenvalue weighted by atomic mass is 32.1. The summed E-state index contributed by atoms with van der Waals surface area (Å²) in [5.74, 6) is -0.408. The maximum atomic E-state index is 13.8. The number of fused-ring (bicyclic) bond motifs is 1. The van der Waals surface area contributed by atoms with Gasteiger partial charge in [-0.1, -0.05) is 31.2 Å². The third-order valence-electron chi connectivity index (χ3n) is 6.78. The zero-order valence-corrected chi connectivity index (χ0v) is 21.0. The minimum absolute atomic E-state index is 0.0489. The molecule has 0 radical (unpaired) electrons. The third-order valence-corrected chi connectivity index (χ3v) is 7.78. The second-order valence-electron chi connectivity index (χ2n) is 8.89. The fraction of sp³-hybridized carbons (Fsp3) is 0.333. The first-order valence-electron chi connectivity index (χ1n) is 11.8. The summed E-state index contributed by atoms with van der Waals surface area (Å²) in [6.45, 7) is 6.49. The SMILES string of the molecule is CCC(C)N(CC(=O)N1CCc2sccc2C1c1ccccc1C)C(=O)c1ccc([N+](=O)[O-])cc1. The van der Waals surface area contributed by atoms with Gasteiger partial charge in [0.15, 0.2) is 0 Å². The molecule has 7 nitrogen and oxygen atoms in total. The van der Waals surface area contributed by atoms with Crippen LogP contribution in [0.15, 0.2) is 60.0 Å². The highest BCUT2D eigenvalue weighted by molar-refractivity contribution is 7.10. The molecule has 0 fully saturated rings. The predicted molar refractivity (Wildman–Crippen MR) is 137 cm³/mol. The van der Waals surface area contributed by atoms with Crippen LogP contribution in [0.5, 0.6) is 0 Å². The summed E-state index contributed by atoms with van der Waals surface area (Å²) in [5.41, 5.74) is 3.62. The molecule has 2 heterocycles. The van der Waals surface area contributed by atoms with E-state index in [0.717, 1.165) is 23.1 Å². The van der Waals surface area contributed by atoms with Crippen molar-refractivity contribution in [3.05, 3.63) is 97.2 Å². The zero-order valence-electron chi connectivity index (χ0n) is 20.1. The molecule has 0 saturated heterocycles. The number of carbonyl (C=O) groups is 2. The van der Waals surface area contributed by atoms with Gasteiger partial charge in [0.25, 0.3) is 11.6 Å². The van der Waals surface area contributed by atoms with E-state index in [-0.39, 0.29) is 36.1 Å². The number of hydrogen-bond acceptors (Lipinski definition) is 5. The molecule has 2 aromatic carbocycles. The number of aryl methyl sites for hydroxylation is 1. The fourth-order valence-corrected chi connectivity index (χ4v) is 5.49. The van der Waals surface area contributed by atoms with Gasteiger partial charge in [0, 0.05) is 35.2 Å². The quantitative estimate of drug-likeness (QED) is 0.328. The monoisotopic (exact) mass is 491 g/mol. The van der Waals surface area contributed by atoms with Gasteiger partial charge in [-0.15, -0.1) is 11.3 Å². The molecule has 0 bridgehead atoms. The summed E-state index contributed by atoms with van der Waals surface area (Å²) in [4.78, 5) is 42.4. The van der Waals surface area contributed by atoms with E-state index >= 15 is 0 Å². The van der Waals surface area contributed by atoms with Gasteiger partial charge in [-0.25, -0.2) is 0 Å². The van der Waals surface area contributed by atoms with Crippen LogP contribution in [0, 0.1) is 17.0 Å². The van der Waals surface area contributed by atoms with E-state index < -0.39 is 4.92 Å². The Morgan fingerprint density at radius 3 is 2.51 bits per heavy atom. The van der Waals surface area contributed by atoms with Crippen molar-refractivity contribution in [2.24, 2.45) is 0 Å². The van der Waals surface area contributed by atoms with Crippen molar-refractivity contribution in [1.29, 1.82) is 0 Å². The molecule has 1 aliphatic heterocycles. The second-order valence-corrected chi connectivity index (χ2v) is 9.89. The van der Waals surface area contributed by atoms with Crippen LogP contribution in [0.3, 0.4) is 0 Å². The molecule has 35 heavy (non-hydrogen) atoms. The van der Waals surface area contributed by atoms with Crippen LogP contribution in [0.2, 0.25) is 0 Å². The number of amides is 2. The minimum Gasteiger partial charge on any atom is -0.330 e. The second kappa shape index (κ2) is 10.4. The van der Waals surface area contributed by atoms with Crippen LogP contribution in [0.4, 0.5) is 5.69 Å². The minimum atomic E-state index is -0.495. The van der Waals surface area contributed by atoms with Gasteiger partial charge in [-0.05, 0) is 67.0 Å². The molecule has 2 unspecified atom stereocenters. The summed E-state index contributed by atoms with van der Waals surface area (Å²) in [7, 11) is 0. The molecule has 4 rings (SSSR count). The molecule has 182 valence electrons. The van der Waals surface area contributed by atoms with Crippen LogP contribution in [-0.2, 0) is 11.2 Å². The van der Waals surface area contributed by atoms with Crippen LogP contribution in [0.25, 0.3) is 0 Å². The summed E-state index contributed by atoms with van der Waals surface area (Å²) >= 11 is 1.72. The van der Waals surface area contributed by atoms with Gasteiger partial charge < -0.3 is 9.80 Å². The lowest BCUT2D eigenvalue weighted by Gasteiger charge is -2.39. The molecule has 1 aliphatic rings. The van der Waals surface area contributed by atoms with Gasteiger partial charge in [-0.3, -0.25) is 19.7 Å². The summed E-state index contributed by atoms with van der Waals surface area (Å²) in [5, 5.41) is 13.1. The molecule has 0 aliphatic carbocycles. The Balaban J connectivity index is 1.63. The maximum absolute atomic E-state index is 13.8. The molecular weight excluding hydrogens is 462 g/mol. The molecule has 2 atom stereocenters. The van der Waals surface area contributed by atoms with E-state index in [0.29, 0.717) is 18.5 Å². The van der Waals surface area contributed by atoms with Crippen molar-refractivity contribution in [2.75, 3.05) is 13.1 Å². The summed E-state index contributed by atoms with van der Waals surface area (Å²) in [6.07, 6.45) is 1.47. The number of hydrogen-bond donors (Lipinski definition) is 0. The van der Waals surface area contributed by atoms with Crippen molar-refractivity contribution in [3.8, 4) is 0 Å². The van der Waals surface area contributed by atoms with Gasteiger partial charge in [0.1, 0.15) is 6.54 Å². The van der Waals surface area contributed by atoms with Crippen molar-refractivity contribution in [3.63, 3.8) is 0 Å². The van der Waals surface area contributed by atoms with E-state index in [1.54, 1.807) is 16.2 Å². The highest BCUT2D eigenvalue weighted by Gasteiger charge is 2.35. The molecule has 0 N–H and O–H groups in total. The van der Waals surface area contributed by atoms with Gasteiger partial charge in [0.2, 0.25) is 5.91 Å². The Bertz CT molecular complexity index is 1240. The summed E-state index contributed by atoms with van der Waals surface area (Å²) in [6, 6.07) is 15.4. The third kappa shape index (κ3) is 4.98. The number of non-ortho nitro benzene ring substituents is 1. The Hall–Kier alpha value is -3.52. The first kappa shape index (κ1) is 24.6. The largest absolute Gasteiger partial charge is 0.330 e. The molecule has 1 aromatic heterocycles. The Labute approximate surface area is 209 Å². The van der Waals surface area contributed by atoms with Crippen LogP contribution >= 0.6 is 11.3 Å². The average Bonchev–Trinajstić information content (AvgIpc) is 3.35. The first-order chi connectivity index (χ1) is 16.8. The van der Waals surface area contributed by atoms with Crippen molar-refractivity contribution >= 4 is 28.8 Å². The number of carbonyl (C=O) groups excluding carboxylic acids is 2. The van der Waals surface area contributed by atoms with E-state index in [2.05, 4.69) is 30.5 Å². The molecular formula is C27H29N3O4S. The average molecular weight is 492 g/mol. The van der Waals surface area contributed by atoms with Gasteiger partial charge in [-0.2, -0.15) is 0 Å². The topological polar surface area (TPSA) is 83.8 Å². The maximum Gasteiger partial charge on any atom is 0.269 e. The Morgan fingerprint density at radius 1 is 1.14 bits per heavy atom. The first-order valence-corrected chi connectivity index (χ1v) is 12.7. The molecule has 3 aromatic rings. The number of benzene rings is 2. The lowest BCUT2D eigenvalue weighted by molar-refractivity contribution is -0.384. The van der Waals surface area contributed by atoms with E-state index in [4.69, 9.17) is 0 Å². The van der Waals surface area contributed by atoms with E-state index in [9.17, 15) is 19.7 Å². The van der Waals surface area contributed by atoms with Gasteiger partial charge in [0.05, 0.1) is 11.0 Å². The predicted octanol–water partition coefficient (Wildman–Crippen LogP) is 5.38. The lowest BCUT2D eigenvalue weighted by Crippen LogP contribution is -2.49. The Morgan fingerprint density at radius 2 is 1.86 bits per heavy atom. The Kier molecular flexibility index (Phi) is 7.31. The molecule has 8 heteroatoms. The number of thiophene rings is 1. The van der Waals surface area contributed by atoms with Crippen LogP contribution in [-0.4, -0.2) is 45.7 Å². The number of nitro benzene ring substituents is 1. The van der Waals surface area contributed by atoms with E-state index in [1.807, 2.05) is 30.9 Å². The molecule has 2 amide bonds. The zero-order chi connectivity index (χ0) is 25.1. The molecule has 0 spiro atoms. The number of nitro groups is 1. The fourth-order valence-electron chi connectivity index (χ4n) is 4.59. The van der Waals surface area contributed by atoms with Crippen LogP contribution < -0.4 is 0 Å². The standard InChI is InChI=1S/C27H29N3O4S/c1-4-19(3)29(27(32)20-9-11-21(12-10-20)30(33)34)17-25(31)28-15-13-24-23(14-16-35-24)26(28)22-8-6-5-7-18(22)2/h5-12,14,16,19,26H,4,13,15,17H2,1-3H3.